The Morgan fingerprint density at radius 3 is 2.83 bits per heavy atom. The number of hydrogen-bond acceptors (Lipinski definition) is 5. The second kappa shape index (κ2) is 7.29. The second-order valence-electron chi connectivity index (χ2n) is 5.93. The van der Waals surface area contributed by atoms with Gasteiger partial charge in [0.2, 0.25) is 5.91 Å². The van der Waals surface area contributed by atoms with Gasteiger partial charge in [-0.2, -0.15) is 5.10 Å². The molecule has 0 radical (unpaired) electrons. The molecule has 1 amide bonds. The predicted octanol–water partition coefficient (Wildman–Crippen LogP) is 2.18. The monoisotopic (exact) mass is 326 g/mol. The van der Waals surface area contributed by atoms with E-state index in [9.17, 15) is 4.79 Å². The molecule has 3 rings (SSSR count). The molecular weight excluding hydrogens is 304 g/mol. The summed E-state index contributed by atoms with van der Waals surface area (Å²) < 4.78 is 5.65. The molecule has 0 aliphatic carbocycles. The van der Waals surface area contributed by atoms with Crippen molar-refractivity contribution < 1.29 is 9.53 Å². The number of aryl methyl sites for hydroxylation is 1. The summed E-state index contributed by atoms with van der Waals surface area (Å²) >= 11 is 0. The Morgan fingerprint density at radius 2 is 2.08 bits per heavy atom. The molecule has 0 unspecified atom stereocenters. The highest BCUT2D eigenvalue weighted by Crippen LogP contribution is 2.19. The van der Waals surface area contributed by atoms with Crippen molar-refractivity contribution in [1.29, 1.82) is 0 Å². The molecule has 1 aromatic heterocycles. The third-order valence-corrected chi connectivity index (χ3v) is 4.15. The highest BCUT2D eigenvalue weighted by atomic mass is 16.5. The average Bonchev–Trinajstić information content (AvgIpc) is 2.62. The summed E-state index contributed by atoms with van der Waals surface area (Å²) in [5.41, 5.74) is 3.23. The molecular formula is C18H22N4O2. The van der Waals surface area contributed by atoms with Crippen LogP contribution in [-0.4, -0.2) is 41.2 Å². The Balaban J connectivity index is 1.53. The van der Waals surface area contributed by atoms with Crippen molar-refractivity contribution in [3.05, 3.63) is 47.2 Å². The van der Waals surface area contributed by atoms with Gasteiger partial charge in [0.05, 0.1) is 18.7 Å². The first-order chi connectivity index (χ1) is 11.7. The van der Waals surface area contributed by atoms with Crippen LogP contribution >= 0.6 is 0 Å². The fraction of sp³-hybridized carbons (Fsp3) is 0.389. The molecule has 0 fully saturated rings. The number of hydrogen-bond donors (Lipinski definition) is 1. The van der Waals surface area contributed by atoms with Crippen molar-refractivity contribution in [2.75, 3.05) is 25.5 Å². The zero-order valence-corrected chi connectivity index (χ0v) is 14.1. The third-order valence-electron chi connectivity index (χ3n) is 4.15. The molecule has 0 saturated carbocycles. The van der Waals surface area contributed by atoms with E-state index in [0.717, 1.165) is 29.2 Å². The average molecular weight is 326 g/mol. The van der Waals surface area contributed by atoms with Crippen molar-refractivity contribution in [2.24, 2.45) is 0 Å². The largest absolute Gasteiger partial charge is 0.493 e. The van der Waals surface area contributed by atoms with Crippen LogP contribution in [0.4, 0.5) is 5.82 Å². The maximum Gasteiger partial charge on any atom is 0.226 e. The van der Waals surface area contributed by atoms with Crippen molar-refractivity contribution in [1.82, 2.24) is 15.1 Å². The number of nitrogens with zero attached hydrogens (tertiary/aromatic N) is 3. The van der Waals surface area contributed by atoms with Crippen LogP contribution < -0.4 is 10.1 Å². The number of fused-ring (bicyclic) bond motifs is 1. The van der Waals surface area contributed by atoms with Gasteiger partial charge in [-0.25, -0.2) is 0 Å². The number of rotatable bonds is 5. The smallest absolute Gasteiger partial charge is 0.226 e. The zero-order valence-electron chi connectivity index (χ0n) is 14.1. The van der Waals surface area contributed by atoms with Gasteiger partial charge in [0, 0.05) is 26.6 Å². The molecule has 126 valence electrons. The van der Waals surface area contributed by atoms with Gasteiger partial charge in [0.1, 0.15) is 11.6 Å². The van der Waals surface area contributed by atoms with Gasteiger partial charge in [-0.3, -0.25) is 4.79 Å². The maximum atomic E-state index is 12.4. The van der Waals surface area contributed by atoms with E-state index in [1.165, 1.54) is 5.56 Å². The SMILES string of the molecule is CNc1cc2c(nn1)CCN(C(=O)CCOc1ccc(C)cc1)C2. The van der Waals surface area contributed by atoms with Gasteiger partial charge in [0.25, 0.3) is 0 Å². The molecule has 1 N–H and O–H groups in total. The Labute approximate surface area is 141 Å². The Bertz CT molecular complexity index is 715. The normalized spacial score (nSPS) is 13.3. The van der Waals surface area contributed by atoms with Gasteiger partial charge in [-0.15, -0.1) is 5.10 Å². The van der Waals surface area contributed by atoms with E-state index in [1.54, 1.807) is 0 Å². The van der Waals surface area contributed by atoms with Crippen molar-refractivity contribution in [2.45, 2.75) is 26.3 Å². The van der Waals surface area contributed by atoms with Crippen molar-refractivity contribution in [3.63, 3.8) is 0 Å². The molecule has 6 heteroatoms. The van der Waals surface area contributed by atoms with Crippen LogP contribution in [0.5, 0.6) is 5.75 Å². The van der Waals surface area contributed by atoms with Crippen LogP contribution in [0, 0.1) is 6.92 Å². The standard InChI is InChI=1S/C18H22N4O2/c1-13-3-5-15(6-4-13)24-10-8-18(23)22-9-7-16-14(12-22)11-17(19-2)21-20-16/h3-6,11H,7-10,12H2,1-2H3,(H,19,21). The maximum absolute atomic E-state index is 12.4. The summed E-state index contributed by atoms with van der Waals surface area (Å²) in [5, 5.41) is 11.3. The van der Waals surface area contributed by atoms with Crippen LogP contribution in [0.1, 0.15) is 23.2 Å². The molecule has 2 aromatic rings. The minimum Gasteiger partial charge on any atom is -0.493 e. The van der Waals surface area contributed by atoms with Gasteiger partial charge in [-0.1, -0.05) is 17.7 Å². The van der Waals surface area contributed by atoms with E-state index in [4.69, 9.17) is 4.74 Å². The number of anilines is 1. The summed E-state index contributed by atoms with van der Waals surface area (Å²) in [5.74, 6) is 1.63. The van der Waals surface area contributed by atoms with Crippen LogP contribution in [0.2, 0.25) is 0 Å². The zero-order chi connectivity index (χ0) is 16.9. The van der Waals surface area contributed by atoms with Gasteiger partial charge in [0.15, 0.2) is 0 Å². The fourth-order valence-corrected chi connectivity index (χ4v) is 2.71. The Morgan fingerprint density at radius 1 is 1.29 bits per heavy atom. The number of ether oxygens (including phenoxy) is 1. The summed E-state index contributed by atoms with van der Waals surface area (Å²) in [6.45, 7) is 3.69. The minimum atomic E-state index is 0.107. The van der Waals surface area contributed by atoms with Crippen LogP contribution in [0.25, 0.3) is 0 Å². The van der Waals surface area contributed by atoms with E-state index < -0.39 is 0 Å². The van der Waals surface area contributed by atoms with Gasteiger partial charge < -0.3 is 15.0 Å². The van der Waals surface area contributed by atoms with Gasteiger partial charge >= 0.3 is 0 Å². The van der Waals surface area contributed by atoms with Crippen molar-refractivity contribution in [3.8, 4) is 5.75 Å². The molecule has 1 aliphatic heterocycles. The molecule has 0 saturated heterocycles. The second-order valence-corrected chi connectivity index (χ2v) is 5.93. The summed E-state index contributed by atoms with van der Waals surface area (Å²) in [6.07, 6.45) is 1.12. The highest BCUT2D eigenvalue weighted by Gasteiger charge is 2.22. The number of aromatic nitrogens is 2. The number of amides is 1. The molecule has 0 bridgehead atoms. The lowest BCUT2D eigenvalue weighted by Crippen LogP contribution is -2.37. The molecule has 0 spiro atoms. The summed E-state index contributed by atoms with van der Waals surface area (Å²) in [4.78, 5) is 14.3. The lowest BCUT2D eigenvalue weighted by molar-refractivity contribution is -0.132. The topological polar surface area (TPSA) is 67.4 Å². The molecule has 1 aliphatic rings. The Hall–Kier alpha value is -2.63. The minimum absolute atomic E-state index is 0.107. The third kappa shape index (κ3) is 3.82. The van der Waals surface area contributed by atoms with E-state index in [-0.39, 0.29) is 5.91 Å². The van der Waals surface area contributed by atoms with E-state index in [1.807, 2.05) is 49.2 Å². The number of carbonyl (C=O) groups is 1. The van der Waals surface area contributed by atoms with Crippen LogP contribution in [0.3, 0.4) is 0 Å². The van der Waals surface area contributed by atoms with E-state index >= 15 is 0 Å². The molecule has 2 heterocycles. The van der Waals surface area contributed by atoms with Crippen LogP contribution in [-0.2, 0) is 17.8 Å². The quantitative estimate of drug-likeness (QED) is 0.912. The lowest BCUT2D eigenvalue weighted by Gasteiger charge is -2.28. The fourth-order valence-electron chi connectivity index (χ4n) is 2.71. The first kappa shape index (κ1) is 16.2. The first-order valence-corrected chi connectivity index (χ1v) is 8.16. The van der Waals surface area contributed by atoms with Crippen molar-refractivity contribution >= 4 is 11.7 Å². The first-order valence-electron chi connectivity index (χ1n) is 8.16. The Kier molecular flexibility index (Phi) is 4.93. The molecule has 24 heavy (non-hydrogen) atoms. The summed E-state index contributed by atoms with van der Waals surface area (Å²) in [6, 6.07) is 9.81. The number of benzene rings is 1. The lowest BCUT2D eigenvalue weighted by atomic mass is 10.1. The van der Waals surface area contributed by atoms with Crippen LogP contribution in [0.15, 0.2) is 30.3 Å². The molecule has 6 nitrogen and oxygen atoms in total. The summed E-state index contributed by atoms with van der Waals surface area (Å²) in [7, 11) is 1.81. The number of nitrogens with one attached hydrogen (secondary N) is 1. The van der Waals surface area contributed by atoms with E-state index in [0.29, 0.717) is 26.1 Å². The van der Waals surface area contributed by atoms with E-state index in [2.05, 4.69) is 15.5 Å². The number of carbonyl (C=O) groups excluding carboxylic acids is 1. The molecule has 0 atom stereocenters. The predicted molar refractivity (Wildman–Crippen MR) is 92.0 cm³/mol. The highest BCUT2D eigenvalue weighted by molar-refractivity contribution is 5.76. The molecule has 1 aromatic carbocycles. The van der Waals surface area contributed by atoms with Gasteiger partial charge in [-0.05, 0) is 30.7 Å².